The second-order valence-corrected chi connectivity index (χ2v) is 6.46. The number of fused-ring (bicyclic) bond motifs is 1. The molecule has 3 rings (SSSR count). The van der Waals surface area contributed by atoms with Gasteiger partial charge < -0.3 is 10.4 Å². The minimum atomic E-state index is -0.519. The molecular formula is C14H20ClN3O. The van der Waals surface area contributed by atoms with Gasteiger partial charge in [0, 0.05) is 11.6 Å². The van der Waals surface area contributed by atoms with E-state index < -0.39 is 5.60 Å². The number of anilines is 1. The van der Waals surface area contributed by atoms with Gasteiger partial charge in [-0.3, -0.25) is 0 Å². The Bertz CT molecular complexity index is 482. The highest BCUT2D eigenvalue weighted by Gasteiger charge is 2.38. The molecule has 2 N–H and O–H groups in total. The van der Waals surface area contributed by atoms with Gasteiger partial charge in [0.2, 0.25) is 0 Å². The molecule has 0 atom stereocenters. The zero-order chi connectivity index (χ0) is 13.5. The molecule has 1 aromatic heterocycles. The summed E-state index contributed by atoms with van der Waals surface area (Å²) in [4.78, 5) is 0. The van der Waals surface area contributed by atoms with E-state index in [0.717, 1.165) is 31.5 Å². The summed E-state index contributed by atoms with van der Waals surface area (Å²) in [5, 5.41) is 22.1. The molecule has 19 heavy (non-hydrogen) atoms. The number of nitrogens with zero attached hydrogens (tertiary/aromatic N) is 2. The zero-order valence-corrected chi connectivity index (χ0v) is 12.0. The maximum Gasteiger partial charge on any atom is 0.155 e. The summed E-state index contributed by atoms with van der Waals surface area (Å²) in [6, 6.07) is 0.304. The molecule has 0 aromatic carbocycles. The molecule has 0 amide bonds. The normalized spacial score (nSPS) is 30.2. The van der Waals surface area contributed by atoms with Crippen molar-refractivity contribution in [1.82, 2.24) is 10.2 Å². The Balaban J connectivity index is 1.82. The first kappa shape index (κ1) is 13.1. The van der Waals surface area contributed by atoms with E-state index in [-0.39, 0.29) is 0 Å². The average molecular weight is 282 g/mol. The molecule has 2 aliphatic carbocycles. The molecular weight excluding hydrogens is 262 g/mol. The third-order valence-corrected chi connectivity index (χ3v) is 4.51. The number of aromatic nitrogens is 2. The Morgan fingerprint density at radius 1 is 1.16 bits per heavy atom. The van der Waals surface area contributed by atoms with Crippen LogP contribution in [0.3, 0.4) is 0 Å². The van der Waals surface area contributed by atoms with E-state index in [1.54, 1.807) is 0 Å². The van der Waals surface area contributed by atoms with Crippen molar-refractivity contribution in [2.24, 2.45) is 0 Å². The monoisotopic (exact) mass is 281 g/mol. The summed E-state index contributed by atoms with van der Waals surface area (Å²) in [7, 11) is 0. The smallest absolute Gasteiger partial charge is 0.155 e. The molecule has 0 radical (unpaired) electrons. The first-order chi connectivity index (χ1) is 9.05. The van der Waals surface area contributed by atoms with Gasteiger partial charge in [-0.2, -0.15) is 0 Å². The van der Waals surface area contributed by atoms with Gasteiger partial charge in [-0.05, 0) is 51.0 Å². The molecule has 4 nitrogen and oxygen atoms in total. The van der Waals surface area contributed by atoms with Gasteiger partial charge in [0.05, 0.1) is 5.60 Å². The van der Waals surface area contributed by atoms with Crippen molar-refractivity contribution in [3.8, 4) is 0 Å². The third-order valence-electron chi connectivity index (χ3n) is 4.20. The van der Waals surface area contributed by atoms with Crippen molar-refractivity contribution in [3.63, 3.8) is 0 Å². The van der Waals surface area contributed by atoms with E-state index in [0.29, 0.717) is 11.2 Å². The topological polar surface area (TPSA) is 58.0 Å². The van der Waals surface area contributed by atoms with Crippen LogP contribution in [0.4, 0.5) is 5.82 Å². The van der Waals surface area contributed by atoms with Crippen LogP contribution in [0, 0.1) is 0 Å². The van der Waals surface area contributed by atoms with Crippen LogP contribution in [0.2, 0.25) is 5.15 Å². The standard InChI is InChI=1S/C14H20ClN3O/c1-14(19)7-9(8-14)16-13-11-6-4-2-3-5-10(11)12(15)17-18-13/h9,19H,2-8H2,1H3,(H,16,18). The lowest BCUT2D eigenvalue weighted by Gasteiger charge is -2.41. The largest absolute Gasteiger partial charge is 0.390 e. The predicted molar refractivity (Wildman–Crippen MR) is 75.6 cm³/mol. The summed E-state index contributed by atoms with van der Waals surface area (Å²) >= 11 is 6.18. The summed E-state index contributed by atoms with van der Waals surface area (Å²) in [6.45, 7) is 1.87. The van der Waals surface area contributed by atoms with Crippen LogP contribution in [0.25, 0.3) is 0 Å². The van der Waals surface area contributed by atoms with Gasteiger partial charge in [0.25, 0.3) is 0 Å². The van der Waals surface area contributed by atoms with Gasteiger partial charge >= 0.3 is 0 Å². The fraction of sp³-hybridized carbons (Fsp3) is 0.714. The Morgan fingerprint density at radius 2 is 1.84 bits per heavy atom. The number of hydrogen-bond acceptors (Lipinski definition) is 4. The second kappa shape index (κ2) is 4.91. The molecule has 5 heteroatoms. The van der Waals surface area contributed by atoms with Gasteiger partial charge in [-0.15, -0.1) is 10.2 Å². The van der Waals surface area contributed by atoms with Crippen LogP contribution in [-0.4, -0.2) is 26.9 Å². The lowest BCUT2D eigenvalue weighted by Crippen LogP contribution is -2.48. The summed E-state index contributed by atoms with van der Waals surface area (Å²) in [5.41, 5.74) is 1.89. The number of hydrogen-bond donors (Lipinski definition) is 2. The van der Waals surface area contributed by atoms with Crippen molar-refractivity contribution in [2.45, 2.75) is 63.5 Å². The second-order valence-electron chi connectivity index (χ2n) is 6.10. The van der Waals surface area contributed by atoms with Crippen molar-refractivity contribution in [2.75, 3.05) is 5.32 Å². The van der Waals surface area contributed by atoms with Crippen molar-refractivity contribution in [1.29, 1.82) is 0 Å². The third kappa shape index (κ3) is 2.70. The van der Waals surface area contributed by atoms with E-state index in [1.807, 2.05) is 6.92 Å². The number of rotatable bonds is 2. The Hall–Kier alpha value is -0.870. The zero-order valence-electron chi connectivity index (χ0n) is 11.2. The van der Waals surface area contributed by atoms with Crippen molar-refractivity contribution < 1.29 is 5.11 Å². The number of halogens is 1. The molecule has 0 spiro atoms. The first-order valence-electron chi connectivity index (χ1n) is 7.08. The molecule has 104 valence electrons. The molecule has 1 fully saturated rings. The van der Waals surface area contributed by atoms with E-state index in [9.17, 15) is 5.11 Å². The molecule has 1 heterocycles. The fourth-order valence-electron chi connectivity index (χ4n) is 3.20. The quantitative estimate of drug-likeness (QED) is 0.819. The lowest BCUT2D eigenvalue weighted by atomic mass is 9.77. The Kier molecular flexibility index (Phi) is 3.39. The van der Waals surface area contributed by atoms with Crippen LogP contribution in [0.1, 0.15) is 50.2 Å². The molecule has 1 aromatic rings. The van der Waals surface area contributed by atoms with E-state index in [2.05, 4.69) is 15.5 Å². The molecule has 0 aliphatic heterocycles. The highest BCUT2D eigenvalue weighted by Crippen LogP contribution is 2.36. The molecule has 0 bridgehead atoms. The van der Waals surface area contributed by atoms with Gasteiger partial charge in [-0.1, -0.05) is 18.0 Å². The maximum absolute atomic E-state index is 9.79. The molecule has 0 saturated heterocycles. The van der Waals surface area contributed by atoms with Gasteiger partial charge in [-0.25, -0.2) is 0 Å². The summed E-state index contributed by atoms with van der Waals surface area (Å²) in [5.74, 6) is 0.877. The van der Waals surface area contributed by atoms with Crippen LogP contribution < -0.4 is 5.32 Å². The van der Waals surface area contributed by atoms with Gasteiger partial charge in [0.15, 0.2) is 11.0 Å². The lowest BCUT2D eigenvalue weighted by molar-refractivity contribution is -0.0235. The fourth-order valence-corrected chi connectivity index (χ4v) is 3.45. The highest BCUT2D eigenvalue weighted by molar-refractivity contribution is 6.30. The number of aliphatic hydroxyl groups is 1. The average Bonchev–Trinajstić information content (AvgIpc) is 2.56. The minimum absolute atomic E-state index is 0.304. The summed E-state index contributed by atoms with van der Waals surface area (Å²) in [6.07, 6.45) is 7.17. The van der Waals surface area contributed by atoms with Crippen LogP contribution >= 0.6 is 11.6 Å². The van der Waals surface area contributed by atoms with Crippen molar-refractivity contribution in [3.05, 3.63) is 16.3 Å². The molecule has 2 aliphatic rings. The van der Waals surface area contributed by atoms with Crippen molar-refractivity contribution >= 4 is 17.4 Å². The van der Waals surface area contributed by atoms with Crippen LogP contribution in [0.15, 0.2) is 0 Å². The Morgan fingerprint density at radius 3 is 2.53 bits per heavy atom. The van der Waals surface area contributed by atoms with Crippen LogP contribution in [0.5, 0.6) is 0 Å². The SMILES string of the molecule is CC1(O)CC(Nc2nnc(Cl)c3c2CCCCC3)C1. The summed E-state index contributed by atoms with van der Waals surface area (Å²) < 4.78 is 0. The Labute approximate surface area is 118 Å². The van der Waals surface area contributed by atoms with E-state index in [1.165, 1.54) is 30.4 Å². The minimum Gasteiger partial charge on any atom is -0.390 e. The highest BCUT2D eigenvalue weighted by atomic mass is 35.5. The predicted octanol–water partition coefficient (Wildman–Crippen LogP) is 2.72. The maximum atomic E-state index is 9.79. The van der Waals surface area contributed by atoms with Gasteiger partial charge in [0.1, 0.15) is 0 Å². The van der Waals surface area contributed by atoms with Crippen LogP contribution in [-0.2, 0) is 12.8 Å². The first-order valence-corrected chi connectivity index (χ1v) is 7.46. The number of nitrogens with one attached hydrogen (secondary N) is 1. The van der Waals surface area contributed by atoms with E-state index in [4.69, 9.17) is 11.6 Å². The van der Waals surface area contributed by atoms with E-state index >= 15 is 0 Å². The molecule has 1 saturated carbocycles. The molecule has 0 unspecified atom stereocenters.